The molecular weight excluding hydrogens is 503 g/mol. The summed E-state index contributed by atoms with van der Waals surface area (Å²) in [6.45, 7) is 4.43. The highest BCUT2D eigenvalue weighted by Gasteiger charge is 2.20. The van der Waals surface area contributed by atoms with Crippen LogP contribution in [0.5, 0.6) is 5.75 Å². The van der Waals surface area contributed by atoms with E-state index in [1.165, 1.54) is 0 Å². The molecule has 1 unspecified atom stereocenters. The summed E-state index contributed by atoms with van der Waals surface area (Å²) < 4.78 is 6.15. The normalized spacial score (nSPS) is 15.1. The van der Waals surface area contributed by atoms with Crippen molar-refractivity contribution in [1.82, 2.24) is 30.0 Å². The summed E-state index contributed by atoms with van der Waals surface area (Å²) >= 11 is 12.6. The Labute approximate surface area is 217 Å². The highest BCUT2D eigenvalue weighted by atomic mass is 35.5. The molecule has 0 spiro atoms. The van der Waals surface area contributed by atoms with E-state index >= 15 is 0 Å². The van der Waals surface area contributed by atoms with Gasteiger partial charge in [-0.05, 0) is 31.5 Å². The van der Waals surface area contributed by atoms with Crippen LogP contribution in [0.4, 0.5) is 10.7 Å². The molecule has 10 nitrogen and oxygen atoms in total. The van der Waals surface area contributed by atoms with E-state index in [0.29, 0.717) is 52.6 Å². The zero-order chi connectivity index (χ0) is 25.2. The number of urea groups is 1. The first-order valence-corrected chi connectivity index (χ1v) is 12.2. The minimum Gasteiger partial charge on any atom is -0.486 e. The summed E-state index contributed by atoms with van der Waals surface area (Å²) in [5, 5.41) is 9.29. The Morgan fingerprint density at radius 3 is 2.56 bits per heavy atom. The van der Waals surface area contributed by atoms with Gasteiger partial charge in [-0.3, -0.25) is 10.1 Å². The minimum atomic E-state index is -0.400. The number of H-pyrrole nitrogens is 1. The number of benzene rings is 1. The fraction of sp³-hybridized carbons (Fsp3) is 0.292. The van der Waals surface area contributed by atoms with Gasteiger partial charge in [-0.15, -0.1) is 0 Å². The zero-order valence-corrected chi connectivity index (χ0v) is 21.0. The largest absolute Gasteiger partial charge is 0.486 e. The predicted octanol–water partition coefficient (Wildman–Crippen LogP) is 4.45. The van der Waals surface area contributed by atoms with Crippen molar-refractivity contribution in [2.45, 2.75) is 19.4 Å². The minimum absolute atomic E-state index is 0.387. The molecule has 0 radical (unpaired) electrons. The van der Waals surface area contributed by atoms with Crippen LogP contribution in [0.1, 0.15) is 25.0 Å². The molecule has 1 fully saturated rings. The van der Waals surface area contributed by atoms with Gasteiger partial charge >= 0.3 is 6.03 Å². The summed E-state index contributed by atoms with van der Waals surface area (Å²) in [4.78, 5) is 28.3. The molecule has 0 aliphatic carbocycles. The number of pyridine rings is 1. The number of carbonyl (C=O) groups excluding carboxylic acids is 1. The smallest absolute Gasteiger partial charge is 0.314 e. The zero-order valence-electron chi connectivity index (χ0n) is 19.5. The molecule has 36 heavy (non-hydrogen) atoms. The van der Waals surface area contributed by atoms with Crippen LogP contribution in [-0.4, -0.2) is 62.3 Å². The molecule has 3 aromatic heterocycles. The highest BCUT2D eigenvalue weighted by molar-refractivity contribution is 6.35. The van der Waals surface area contributed by atoms with E-state index in [-0.39, 0.29) is 6.10 Å². The summed E-state index contributed by atoms with van der Waals surface area (Å²) in [7, 11) is 0. The van der Waals surface area contributed by atoms with Crippen LogP contribution < -0.4 is 15.4 Å². The van der Waals surface area contributed by atoms with Crippen LogP contribution >= 0.6 is 23.2 Å². The van der Waals surface area contributed by atoms with Gasteiger partial charge < -0.3 is 20.3 Å². The second kappa shape index (κ2) is 10.2. The summed E-state index contributed by atoms with van der Waals surface area (Å²) in [5.41, 5.74) is 8.44. The number of hydrogen-bond donors (Lipinski definition) is 2. The third kappa shape index (κ3) is 4.87. The molecule has 4 heterocycles. The number of nitrogens with two attached hydrogens (primary N) is 1. The summed E-state index contributed by atoms with van der Waals surface area (Å²) in [5.74, 6) is 1.25. The molecule has 12 heteroatoms. The maximum absolute atomic E-state index is 11.5. The van der Waals surface area contributed by atoms with Crippen molar-refractivity contribution >= 4 is 46.1 Å². The molecule has 2 amide bonds. The van der Waals surface area contributed by atoms with E-state index in [2.05, 4.69) is 30.0 Å². The highest BCUT2D eigenvalue weighted by Crippen LogP contribution is 2.34. The molecule has 1 aromatic carbocycles. The van der Waals surface area contributed by atoms with Gasteiger partial charge in [0.15, 0.2) is 0 Å². The van der Waals surface area contributed by atoms with Crippen molar-refractivity contribution in [2.24, 2.45) is 5.73 Å². The molecule has 1 atom stereocenters. The third-order valence-electron chi connectivity index (χ3n) is 6.15. The van der Waals surface area contributed by atoms with Crippen molar-refractivity contribution in [3.63, 3.8) is 0 Å². The number of halogens is 2. The van der Waals surface area contributed by atoms with Crippen LogP contribution in [0.3, 0.4) is 0 Å². The number of primary amides is 1. The predicted molar refractivity (Wildman–Crippen MR) is 138 cm³/mol. The van der Waals surface area contributed by atoms with Crippen molar-refractivity contribution in [2.75, 3.05) is 31.1 Å². The molecule has 186 valence electrons. The van der Waals surface area contributed by atoms with Gasteiger partial charge in [-0.25, -0.2) is 14.8 Å². The first-order chi connectivity index (χ1) is 17.4. The molecular formula is C24H24Cl2N8O2. The van der Waals surface area contributed by atoms with Crippen molar-refractivity contribution < 1.29 is 9.53 Å². The lowest BCUT2D eigenvalue weighted by Crippen LogP contribution is -2.38. The number of aromatic nitrogens is 5. The van der Waals surface area contributed by atoms with Gasteiger partial charge in [0.05, 0.1) is 15.6 Å². The Hall–Kier alpha value is -3.63. The number of ether oxygens (including phenoxy) is 1. The maximum Gasteiger partial charge on any atom is 0.314 e. The number of amides is 2. The van der Waals surface area contributed by atoms with E-state index in [9.17, 15) is 4.79 Å². The van der Waals surface area contributed by atoms with Crippen LogP contribution in [0.15, 0.2) is 43.0 Å². The molecule has 1 aliphatic rings. The quantitative estimate of drug-likeness (QED) is 0.393. The van der Waals surface area contributed by atoms with E-state index in [0.717, 1.165) is 29.4 Å². The Morgan fingerprint density at radius 1 is 1.08 bits per heavy atom. The monoisotopic (exact) mass is 526 g/mol. The fourth-order valence-electron chi connectivity index (χ4n) is 4.30. The summed E-state index contributed by atoms with van der Waals surface area (Å²) in [6, 6.07) is 5.27. The van der Waals surface area contributed by atoms with Gasteiger partial charge in [-0.1, -0.05) is 23.2 Å². The Bertz CT molecular complexity index is 1370. The standard InChI is InChI=1S/C24H24Cl2N8O2/c1-14(21-18(25)12-28-13-19(21)26)36-16-3-4-20-17(9-16)22(32-31-20)15-10-29-24(30-11-15)34-6-2-5-33(7-8-34)23(27)35/h3-4,9-14H,2,5-8H2,1H3,(H2,27,35)(H,31,32). The van der Waals surface area contributed by atoms with Gasteiger partial charge in [0, 0.05) is 67.5 Å². The lowest BCUT2D eigenvalue weighted by molar-refractivity contribution is 0.211. The van der Waals surface area contributed by atoms with Crippen molar-refractivity contribution in [3.05, 3.63) is 58.6 Å². The van der Waals surface area contributed by atoms with Gasteiger partial charge in [-0.2, -0.15) is 5.10 Å². The summed E-state index contributed by atoms with van der Waals surface area (Å²) in [6.07, 6.45) is 7.01. The van der Waals surface area contributed by atoms with Crippen molar-refractivity contribution in [1.29, 1.82) is 0 Å². The maximum atomic E-state index is 11.5. The number of nitrogens with zero attached hydrogens (tertiary/aromatic N) is 6. The van der Waals surface area contributed by atoms with E-state index < -0.39 is 6.03 Å². The van der Waals surface area contributed by atoms with Gasteiger partial charge in [0.2, 0.25) is 5.95 Å². The lowest BCUT2D eigenvalue weighted by Gasteiger charge is -2.20. The fourth-order valence-corrected chi connectivity index (χ4v) is 4.98. The first-order valence-electron chi connectivity index (χ1n) is 11.5. The van der Waals surface area contributed by atoms with Crippen LogP contribution in [0, 0.1) is 0 Å². The van der Waals surface area contributed by atoms with Gasteiger partial charge in [0.1, 0.15) is 17.5 Å². The third-order valence-corrected chi connectivity index (χ3v) is 6.75. The van der Waals surface area contributed by atoms with E-state index in [1.54, 1.807) is 29.7 Å². The number of anilines is 1. The van der Waals surface area contributed by atoms with Crippen LogP contribution in [-0.2, 0) is 0 Å². The average molecular weight is 527 g/mol. The van der Waals surface area contributed by atoms with Crippen molar-refractivity contribution in [3.8, 4) is 17.0 Å². The second-order valence-corrected chi connectivity index (χ2v) is 9.31. The SMILES string of the molecule is CC(Oc1ccc2[nH]nc(-c3cnc(N4CCCN(C(N)=O)CC4)nc3)c2c1)c1c(Cl)cncc1Cl. The number of hydrogen-bond acceptors (Lipinski definition) is 7. The second-order valence-electron chi connectivity index (χ2n) is 8.49. The topological polar surface area (TPSA) is 126 Å². The Balaban J connectivity index is 1.36. The van der Waals surface area contributed by atoms with Crippen LogP contribution in [0.25, 0.3) is 22.2 Å². The molecule has 5 rings (SSSR count). The molecule has 0 saturated carbocycles. The van der Waals surface area contributed by atoms with Crippen LogP contribution in [0.2, 0.25) is 10.0 Å². The molecule has 3 N–H and O–H groups in total. The van der Waals surface area contributed by atoms with E-state index in [4.69, 9.17) is 33.7 Å². The number of carbonyl (C=O) groups is 1. The molecule has 1 saturated heterocycles. The molecule has 4 aromatic rings. The first kappa shape index (κ1) is 24.1. The number of aromatic amines is 1. The Kier molecular flexibility index (Phi) is 6.80. The number of nitrogens with one attached hydrogen (secondary N) is 1. The van der Waals surface area contributed by atoms with E-state index in [1.807, 2.05) is 25.1 Å². The lowest BCUT2D eigenvalue weighted by atomic mass is 10.1. The Morgan fingerprint density at radius 2 is 1.83 bits per heavy atom. The molecule has 0 bridgehead atoms. The average Bonchev–Trinajstić information content (AvgIpc) is 3.11. The molecule has 1 aliphatic heterocycles. The number of rotatable bonds is 5. The number of fused-ring (bicyclic) bond motifs is 1. The van der Waals surface area contributed by atoms with Gasteiger partial charge in [0.25, 0.3) is 0 Å².